The zero-order valence-electron chi connectivity index (χ0n) is 20.4. The van der Waals surface area contributed by atoms with Crippen molar-refractivity contribution >= 4 is 5.97 Å². The first-order valence-corrected chi connectivity index (χ1v) is 12.1. The van der Waals surface area contributed by atoms with Crippen LogP contribution < -0.4 is 0 Å². The third-order valence-corrected chi connectivity index (χ3v) is 6.84. The summed E-state index contributed by atoms with van der Waals surface area (Å²) < 4.78 is 12.8. The van der Waals surface area contributed by atoms with E-state index in [1.54, 1.807) is 0 Å². The third kappa shape index (κ3) is 4.45. The molecule has 0 unspecified atom stereocenters. The Kier molecular flexibility index (Phi) is 7.04. The molecule has 0 aliphatic carbocycles. The number of hydrogen-bond acceptors (Lipinski definition) is 3. The van der Waals surface area contributed by atoms with Gasteiger partial charge in [0.25, 0.3) is 0 Å². The second kappa shape index (κ2) is 9.99. The van der Waals surface area contributed by atoms with Gasteiger partial charge in [-0.1, -0.05) is 117 Å². The van der Waals surface area contributed by atoms with E-state index in [2.05, 4.69) is 56.8 Å². The van der Waals surface area contributed by atoms with E-state index in [0.717, 1.165) is 28.7 Å². The molecule has 3 nitrogen and oxygen atoms in total. The summed E-state index contributed by atoms with van der Waals surface area (Å²) in [4.78, 5) is 13.1. The van der Waals surface area contributed by atoms with Crippen molar-refractivity contribution in [3.05, 3.63) is 120 Å². The molecular formula is C31H34O3. The van der Waals surface area contributed by atoms with Crippen LogP contribution in [0.25, 0.3) is 0 Å². The minimum absolute atomic E-state index is 0.174. The van der Waals surface area contributed by atoms with Crippen molar-refractivity contribution in [1.29, 1.82) is 0 Å². The molecule has 3 heteroatoms. The van der Waals surface area contributed by atoms with Gasteiger partial charge in [0.05, 0.1) is 12.0 Å². The summed E-state index contributed by atoms with van der Waals surface area (Å²) in [7, 11) is 0. The number of carbonyl (C=O) groups excluding carboxylic acids is 1. The van der Waals surface area contributed by atoms with Gasteiger partial charge in [0, 0.05) is 6.42 Å². The largest absolute Gasteiger partial charge is 0.459 e. The number of esters is 1. The van der Waals surface area contributed by atoms with Crippen LogP contribution in [0.2, 0.25) is 0 Å². The standard InChI is InChI=1S/C31H34O3/c1-23(2)20-30(24(3)4)21-28(34-29(30)32)22-33-31(25-14-8-5-9-15-25,26-16-10-6-11-17-26)27-18-12-7-13-19-27/h5-19,23,28H,3,20-22H2,1-2,4H3/t28-,30-/m0/s1. The van der Waals surface area contributed by atoms with Gasteiger partial charge in [-0.05, 0) is 36.0 Å². The monoisotopic (exact) mass is 454 g/mol. The highest BCUT2D eigenvalue weighted by molar-refractivity contribution is 5.82. The van der Waals surface area contributed by atoms with Gasteiger partial charge in [0.1, 0.15) is 11.7 Å². The van der Waals surface area contributed by atoms with E-state index in [-0.39, 0.29) is 18.7 Å². The van der Waals surface area contributed by atoms with Crippen LogP contribution in [-0.2, 0) is 19.9 Å². The lowest BCUT2D eigenvalue weighted by Gasteiger charge is -2.36. The molecule has 0 N–H and O–H groups in total. The van der Waals surface area contributed by atoms with Crippen molar-refractivity contribution < 1.29 is 14.3 Å². The van der Waals surface area contributed by atoms with Gasteiger partial charge in [-0.2, -0.15) is 0 Å². The fraction of sp³-hybridized carbons (Fsp3) is 0.323. The van der Waals surface area contributed by atoms with E-state index in [0.29, 0.717) is 12.3 Å². The Labute approximate surface area is 203 Å². The van der Waals surface area contributed by atoms with Gasteiger partial charge in [-0.25, -0.2) is 0 Å². The fourth-order valence-electron chi connectivity index (χ4n) is 5.24. The Balaban J connectivity index is 1.73. The minimum Gasteiger partial charge on any atom is -0.459 e. The molecule has 0 aromatic heterocycles. The first-order valence-electron chi connectivity index (χ1n) is 12.1. The third-order valence-electron chi connectivity index (χ3n) is 6.84. The predicted octanol–water partition coefficient (Wildman–Crippen LogP) is 6.92. The first kappa shape index (κ1) is 24.0. The minimum atomic E-state index is -0.831. The lowest BCUT2D eigenvalue weighted by molar-refractivity contribution is -0.150. The molecule has 1 saturated heterocycles. The zero-order valence-corrected chi connectivity index (χ0v) is 20.4. The van der Waals surface area contributed by atoms with Crippen molar-refractivity contribution in [2.45, 2.75) is 45.3 Å². The molecule has 3 aromatic rings. The molecule has 3 aromatic carbocycles. The highest BCUT2D eigenvalue weighted by Crippen LogP contribution is 2.46. The average Bonchev–Trinajstić information content (AvgIpc) is 3.17. The van der Waals surface area contributed by atoms with Crippen LogP contribution in [0.4, 0.5) is 0 Å². The van der Waals surface area contributed by atoms with Crippen LogP contribution in [0, 0.1) is 11.3 Å². The number of rotatable bonds is 9. The molecule has 0 radical (unpaired) electrons. The molecular weight excluding hydrogens is 420 g/mol. The van der Waals surface area contributed by atoms with Crippen molar-refractivity contribution in [3.8, 4) is 0 Å². The van der Waals surface area contributed by atoms with Crippen LogP contribution in [0.1, 0.15) is 50.3 Å². The molecule has 0 spiro atoms. The molecule has 34 heavy (non-hydrogen) atoms. The van der Waals surface area contributed by atoms with Gasteiger partial charge in [-0.15, -0.1) is 0 Å². The average molecular weight is 455 g/mol. The number of carbonyl (C=O) groups is 1. The number of benzene rings is 3. The highest BCUT2D eigenvalue weighted by atomic mass is 16.6. The van der Waals surface area contributed by atoms with Crippen LogP contribution in [0.5, 0.6) is 0 Å². The van der Waals surface area contributed by atoms with Crippen LogP contribution >= 0.6 is 0 Å². The fourth-order valence-corrected chi connectivity index (χ4v) is 5.24. The second-order valence-electron chi connectivity index (χ2n) is 9.78. The topological polar surface area (TPSA) is 35.5 Å². The smallest absolute Gasteiger partial charge is 0.316 e. The summed E-state index contributed by atoms with van der Waals surface area (Å²) >= 11 is 0. The van der Waals surface area contributed by atoms with E-state index in [4.69, 9.17) is 9.47 Å². The van der Waals surface area contributed by atoms with Crippen LogP contribution in [0.3, 0.4) is 0 Å². The SMILES string of the molecule is C=C(C)[C@]1(CC(C)C)C[C@@H](COC(c2ccccc2)(c2ccccc2)c2ccccc2)OC1=O. The van der Waals surface area contributed by atoms with E-state index < -0.39 is 11.0 Å². The predicted molar refractivity (Wildman–Crippen MR) is 136 cm³/mol. The Bertz CT molecular complexity index is 1010. The molecule has 2 atom stereocenters. The number of cyclic esters (lactones) is 1. The van der Waals surface area contributed by atoms with Gasteiger partial charge in [-0.3, -0.25) is 4.79 Å². The molecule has 176 valence electrons. The summed E-state index contributed by atoms with van der Waals surface area (Å²) in [6.07, 6.45) is 0.991. The first-order chi connectivity index (χ1) is 16.4. The second-order valence-corrected chi connectivity index (χ2v) is 9.78. The molecule has 1 aliphatic rings. The van der Waals surface area contributed by atoms with E-state index in [1.807, 2.05) is 61.5 Å². The van der Waals surface area contributed by atoms with Gasteiger partial charge in [0.2, 0.25) is 0 Å². The summed E-state index contributed by atoms with van der Waals surface area (Å²) in [6, 6.07) is 30.8. The van der Waals surface area contributed by atoms with Gasteiger partial charge >= 0.3 is 5.97 Å². The Morgan fingerprint density at radius 1 is 0.941 bits per heavy atom. The zero-order chi connectivity index (χ0) is 24.2. The highest BCUT2D eigenvalue weighted by Gasteiger charge is 2.50. The number of hydrogen-bond donors (Lipinski definition) is 0. The van der Waals surface area contributed by atoms with Crippen molar-refractivity contribution in [1.82, 2.24) is 0 Å². The molecule has 1 aliphatic heterocycles. The van der Waals surface area contributed by atoms with Crippen molar-refractivity contribution in [2.24, 2.45) is 11.3 Å². The normalized spacial score (nSPS) is 20.4. The lowest BCUT2D eigenvalue weighted by Crippen LogP contribution is -2.36. The van der Waals surface area contributed by atoms with Gasteiger partial charge < -0.3 is 9.47 Å². The molecule has 1 heterocycles. The maximum atomic E-state index is 13.1. The quantitative estimate of drug-likeness (QED) is 0.200. The molecule has 0 bridgehead atoms. The summed E-state index contributed by atoms with van der Waals surface area (Å²) in [5.41, 5.74) is 2.49. The molecule has 0 saturated carbocycles. The van der Waals surface area contributed by atoms with Crippen molar-refractivity contribution in [2.75, 3.05) is 6.61 Å². The molecule has 1 fully saturated rings. The Morgan fingerprint density at radius 2 is 1.38 bits per heavy atom. The van der Waals surface area contributed by atoms with Crippen LogP contribution in [0.15, 0.2) is 103 Å². The summed E-state index contributed by atoms with van der Waals surface area (Å²) in [6.45, 7) is 10.6. The van der Waals surface area contributed by atoms with E-state index in [9.17, 15) is 4.79 Å². The van der Waals surface area contributed by atoms with E-state index >= 15 is 0 Å². The van der Waals surface area contributed by atoms with Gasteiger partial charge in [0.15, 0.2) is 0 Å². The maximum absolute atomic E-state index is 13.1. The Hall–Kier alpha value is -3.17. The summed E-state index contributed by atoms with van der Waals surface area (Å²) in [5.74, 6) is 0.188. The maximum Gasteiger partial charge on any atom is 0.316 e. The van der Waals surface area contributed by atoms with Crippen LogP contribution in [-0.4, -0.2) is 18.7 Å². The lowest BCUT2D eigenvalue weighted by atomic mass is 9.73. The molecule has 0 amide bonds. The molecule has 4 rings (SSSR count). The van der Waals surface area contributed by atoms with Crippen molar-refractivity contribution in [3.63, 3.8) is 0 Å². The Morgan fingerprint density at radius 3 is 1.76 bits per heavy atom. The summed E-state index contributed by atoms with van der Waals surface area (Å²) in [5, 5.41) is 0. The number of ether oxygens (including phenoxy) is 2. The van der Waals surface area contributed by atoms with E-state index in [1.165, 1.54) is 0 Å².